The fourth-order valence-electron chi connectivity index (χ4n) is 1.49. The lowest BCUT2D eigenvalue weighted by atomic mass is 10.1. The molecular formula is C12H9O3S. The maximum Gasteiger partial charge on any atom is 0.256 e. The molecule has 1 aromatic rings. The third kappa shape index (κ3) is 2.08. The summed E-state index contributed by atoms with van der Waals surface area (Å²) >= 11 is -1.46. The summed E-state index contributed by atoms with van der Waals surface area (Å²) in [6, 6.07) is 8.70. The van der Waals surface area contributed by atoms with Crippen LogP contribution in [0.5, 0.6) is 0 Å². The highest BCUT2D eigenvalue weighted by molar-refractivity contribution is 7.93. The van der Waals surface area contributed by atoms with Gasteiger partial charge in [-0.15, -0.1) is 0 Å². The minimum absolute atomic E-state index is 0.312. The highest BCUT2D eigenvalue weighted by Crippen LogP contribution is 2.21. The number of benzene rings is 1. The SMILES string of the molecule is O=C1[C]=CCC([S+]([O-])c2ccccc2)C1=O. The zero-order valence-electron chi connectivity index (χ0n) is 8.38. The van der Waals surface area contributed by atoms with Gasteiger partial charge in [-0.3, -0.25) is 9.59 Å². The molecule has 4 heteroatoms. The summed E-state index contributed by atoms with van der Waals surface area (Å²) in [5.41, 5.74) is 0. The Kier molecular flexibility index (Phi) is 3.22. The largest absolute Gasteiger partial charge is 0.611 e. The summed E-state index contributed by atoms with van der Waals surface area (Å²) in [6.07, 6.45) is 4.11. The van der Waals surface area contributed by atoms with E-state index in [0.717, 1.165) is 0 Å². The lowest BCUT2D eigenvalue weighted by Crippen LogP contribution is -2.37. The van der Waals surface area contributed by atoms with Crippen molar-refractivity contribution in [1.29, 1.82) is 0 Å². The van der Waals surface area contributed by atoms with Crippen molar-refractivity contribution >= 4 is 22.7 Å². The molecule has 0 saturated carbocycles. The smallest absolute Gasteiger partial charge is 0.256 e. The van der Waals surface area contributed by atoms with Gasteiger partial charge in [0.15, 0.2) is 10.1 Å². The lowest BCUT2D eigenvalue weighted by Gasteiger charge is -2.19. The molecule has 3 nitrogen and oxygen atoms in total. The average Bonchev–Trinajstić information content (AvgIpc) is 2.33. The Bertz CT molecular complexity index is 439. The van der Waals surface area contributed by atoms with E-state index in [1.807, 2.05) is 6.07 Å². The van der Waals surface area contributed by atoms with Crippen LogP contribution in [0.4, 0.5) is 0 Å². The summed E-state index contributed by atoms with van der Waals surface area (Å²) in [5.74, 6) is -1.29. The van der Waals surface area contributed by atoms with Crippen molar-refractivity contribution in [1.82, 2.24) is 0 Å². The normalized spacial score (nSPS) is 22.2. The molecule has 16 heavy (non-hydrogen) atoms. The van der Waals surface area contributed by atoms with E-state index >= 15 is 0 Å². The summed E-state index contributed by atoms with van der Waals surface area (Å²) < 4.78 is 12.0. The molecule has 0 spiro atoms. The predicted octanol–water partition coefficient (Wildman–Crippen LogP) is 1.06. The molecule has 0 aliphatic heterocycles. The Hall–Kier alpha value is -1.39. The van der Waals surface area contributed by atoms with Crippen molar-refractivity contribution in [2.75, 3.05) is 0 Å². The highest BCUT2D eigenvalue weighted by Gasteiger charge is 2.36. The van der Waals surface area contributed by atoms with Crippen molar-refractivity contribution < 1.29 is 14.1 Å². The van der Waals surface area contributed by atoms with Gasteiger partial charge in [0.2, 0.25) is 5.78 Å². The number of hydrogen-bond acceptors (Lipinski definition) is 3. The number of allylic oxidation sites excluding steroid dienone is 2. The van der Waals surface area contributed by atoms with E-state index in [9.17, 15) is 14.1 Å². The van der Waals surface area contributed by atoms with Crippen LogP contribution in [0.1, 0.15) is 6.42 Å². The number of Topliss-reactive ketones (excluding diaryl/α,β-unsaturated/α-hetero) is 2. The first-order valence-electron chi connectivity index (χ1n) is 4.82. The molecule has 1 aromatic carbocycles. The standard InChI is InChI=1S/C12H9O3S/c13-10-7-4-8-11(12(10)14)16(15)9-5-2-1-3-6-9/h1-6,11H,8H2. The first-order valence-corrected chi connectivity index (χ1v) is 6.03. The molecule has 1 aliphatic rings. The monoisotopic (exact) mass is 233 g/mol. The van der Waals surface area contributed by atoms with Gasteiger partial charge in [0, 0.05) is 12.5 Å². The van der Waals surface area contributed by atoms with Gasteiger partial charge < -0.3 is 4.55 Å². The molecule has 81 valence electrons. The van der Waals surface area contributed by atoms with Gasteiger partial charge in [-0.05, 0) is 23.3 Å². The summed E-state index contributed by atoms with van der Waals surface area (Å²) in [7, 11) is 0. The first-order chi connectivity index (χ1) is 7.70. The van der Waals surface area contributed by atoms with Crippen LogP contribution in [-0.2, 0) is 20.8 Å². The van der Waals surface area contributed by atoms with Gasteiger partial charge in [0.05, 0.1) is 0 Å². The van der Waals surface area contributed by atoms with E-state index in [2.05, 4.69) is 6.08 Å². The minimum Gasteiger partial charge on any atom is -0.611 e. The summed E-state index contributed by atoms with van der Waals surface area (Å²) in [5, 5.41) is -0.754. The topological polar surface area (TPSA) is 57.2 Å². The molecule has 0 amide bonds. The van der Waals surface area contributed by atoms with E-state index < -0.39 is 28.0 Å². The van der Waals surface area contributed by atoms with E-state index in [1.165, 1.54) is 6.08 Å². The van der Waals surface area contributed by atoms with Gasteiger partial charge in [-0.25, -0.2) is 0 Å². The Morgan fingerprint density at radius 2 is 1.94 bits per heavy atom. The summed E-state index contributed by atoms with van der Waals surface area (Å²) in [6.45, 7) is 0. The van der Waals surface area contributed by atoms with Gasteiger partial charge in [0.25, 0.3) is 5.78 Å². The van der Waals surface area contributed by atoms with Crippen LogP contribution >= 0.6 is 0 Å². The Morgan fingerprint density at radius 1 is 1.25 bits per heavy atom. The van der Waals surface area contributed by atoms with Crippen LogP contribution in [0.15, 0.2) is 41.3 Å². The zero-order chi connectivity index (χ0) is 11.5. The third-order valence-electron chi connectivity index (χ3n) is 2.32. The van der Waals surface area contributed by atoms with Crippen molar-refractivity contribution in [2.24, 2.45) is 0 Å². The van der Waals surface area contributed by atoms with Gasteiger partial charge in [0.1, 0.15) is 0 Å². The molecule has 2 unspecified atom stereocenters. The second-order valence-corrected chi connectivity index (χ2v) is 5.01. The zero-order valence-corrected chi connectivity index (χ0v) is 9.20. The van der Waals surface area contributed by atoms with Gasteiger partial charge >= 0.3 is 0 Å². The molecule has 0 aromatic heterocycles. The van der Waals surface area contributed by atoms with Gasteiger partial charge in [-0.1, -0.05) is 24.3 Å². The molecule has 2 rings (SSSR count). The van der Waals surface area contributed by atoms with E-state index in [-0.39, 0.29) is 0 Å². The van der Waals surface area contributed by atoms with Crippen LogP contribution in [0, 0.1) is 6.08 Å². The van der Waals surface area contributed by atoms with Gasteiger partial charge in [-0.2, -0.15) is 0 Å². The molecular weight excluding hydrogens is 224 g/mol. The fourth-order valence-corrected chi connectivity index (χ4v) is 2.81. The van der Waals surface area contributed by atoms with Crippen molar-refractivity contribution in [2.45, 2.75) is 16.6 Å². The van der Waals surface area contributed by atoms with Crippen molar-refractivity contribution in [3.63, 3.8) is 0 Å². The Balaban J connectivity index is 2.23. The number of carbonyl (C=O) groups is 2. The minimum atomic E-state index is -1.46. The Morgan fingerprint density at radius 3 is 2.62 bits per heavy atom. The molecule has 0 bridgehead atoms. The number of hydrogen-bond donors (Lipinski definition) is 0. The van der Waals surface area contributed by atoms with Crippen LogP contribution in [0.25, 0.3) is 0 Å². The van der Waals surface area contributed by atoms with Crippen LogP contribution in [0.3, 0.4) is 0 Å². The molecule has 2 atom stereocenters. The van der Waals surface area contributed by atoms with E-state index in [0.29, 0.717) is 11.3 Å². The first kappa shape index (κ1) is 11.1. The lowest BCUT2D eigenvalue weighted by molar-refractivity contribution is -0.134. The third-order valence-corrected chi connectivity index (χ3v) is 3.98. The van der Waals surface area contributed by atoms with Crippen molar-refractivity contribution in [3.8, 4) is 0 Å². The maximum atomic E-state index is 12.0. The summed E-state index contributed by atoms with van der Waals surface area (Å²) in [4.78, 5) is 23.2. The van der Waals surface area contributed by atoms with Crippen LogP contribution in [-0.4, -0.2) is 21.4 Å². The van der Waals surface area contributed by atoms with Crippen molar-refractivity contribution in [3.05, 3.63) is 42.5 Å². The van der Waals surface area contributed by atoms with Crippen LogP contribution < -0.4 is 0 Å². The number of rotatable bonds is 2. The molecule has 0 fully saturated rings. The number of ketones is 2. The number of carbonyl (C=O) groups excluding carboxylic acids is 2. The molecule has 0 saturated heterocycles. The quantitative estimate of drug-likeness (QED) is 0.567. The highest BCUT2D eigenvalue weighted by atomic mass is 32.2. The van der Waals surface area contributed by atoms with E-state index in [4.69, 9.17) is 0 Å². The molecule has 1 radical (unpaired) electrons. The second-order valence-electron chi connectivity index (χ2n) is 3.38. The average molecular weight is 233 g/mol. The molecule has 0 heterocycles. The van der Waals surface area contributed by atoms with E-state index in [1.54, 1.807) is 24.3 Å². The molecule has 0 N–H and O–H groups in total. The molecule has 1 aliphatic carbocycles. The van der Waals surface area contributed by atoms with Crippen LogP contribution in [0.2, 0.25) is 0 Å². The fraction of sp³-hybridized carbons (Fsp3) is 0.167. The Labute approximate surface area is 96.3 Å². The maximum absolute atomic E-state index is 12.0. The second kappa shape index (κ2) is 4.63. The predicted molar refractivity (Wildman–Crippen MR) is 59.1 cm³/mol.